The van der Waals surface area contributed by atoms with E-state index in [4.69, 9.17) is 5.41 Å². The molecule has 10 heavy (non-hydrogen) atoms. The minimum Gasteiger partial charge on any atom is -0.317 e. The lowest BCUT2D eigenvalue weighted by Gasteiger charge is -1.86. The summed E-state index contributed by atoms with van der Waals surface area (Å²) < 4.78 is 0. The Balaban J connectivity index is -0.000000105. The summed E-state index contributed by atoms with van der Waals surface area (Å²) in [5.41, 5.74) is 0. The molecule has 0 amide bonds. The van der Waals surface area contributed by atoms with E-state index in [0.717, 1.165) is 0 Å². The average molecular weight is 145 g/mol. The highest BCUT2D eigenvalue weighted by molar-refractivity contribution is 5.15. The summed E-state index contributed by atoms with van der Waals surface area (Å²) in [5.74, 6) is 0. The molecule has 0 saturated carbocycles. The number of hydrogen-bond donors (Lipinski definition) is 1. The van der Waals surface area contributed by atoms with Gasteiger partial charge in [-0.3, -0.25) is 0 Å². The molecule has 0 saturated heterocycles. The zero-order valence-corrected chi connectivity index (χ0v) is 8.04. The highest BCUT2D eigenvalue weighted by Crippen LogP contribution is 1.95. The van der Waals surface area contributed by atoms with Crippen molar-refractivity contribution in [2.45, 2.75) is 53.4 Å². The molecule has 0 atom stereocenters. The van der Waals surface area contributed by atoms with Crippen molar-refractivity contribution in [2.75, 3.05) is 0 Å². The molecule has 0 unspecified atom stereocenters. The SMILES string of the molecule is C=N.CC.CCCCCC. The summed E-state index contributed by atoms with van der Waals surface area (Å²) in [6, 6.07) is 0. The summed E-state index contributed by atoms with van der Waals surface area (Å²) in [4.78, 5) is 0. The summed E-state index contributed by atoms with van der Waals surface area (Å²) in [7, 11) is 0. The fraction of sp³-hybridized carbons (Fsp3) is 0.889. The van der Waals surface area contributed by atoms with Crippen LogP contribution in [0, 0.1) is 5.41 Å². The first-order valence-corrected chi connectivity index (χ1v) is 4.27. The summed E-state index contributed by atoms with van der Waals surface area (Å²) >= 11 is 0. The van der Waals surface area contributed by atoms with Crippen molar-refractivity contribution in [1.29, 1.82) is 5.41 Å². The molecule has 1 heteroatoms. The predicted octanol–water partition coefficient (Wildman–Crippen LogP) is 3.88. The molecule has 0 aliphatic heterocycles. The molecule has 1 N–H and O–H groups in total. The van der Waals surface area contributed by atoms with Crippen LogP contribution in [0.1, 0.15) is 53.4 Å². The molecule has 0 aliphatic rings. The van der Waals surface area contributed by atoms with Gasteiger partial charge in [0.2, 0.25) is 0 Å². The second kappa shape index (κ2) is 37.9. The Labute approximate surface area is 66.4 Å². The van der Waals surface area contributed by atoms with E-state index >= 15 is 0 Å². The maximum Gasteiger partial charge on any atom is -0.0187 e. The Kier molecular flexibility index (Phi) is 61.9. The Bertz CT molecular complexity index is 23.9. The monoisotopic (exact) mass is 145 g/mol. The maximum atomic E-state index is 5.50. The highest BCUT2D eigenvalue weighted by Gasteiger charge is 1.75. The van der Waals surface area contributed by atoms with E-state index in [-0.39, 0.29) is 0 Å². The van der Waals surface area contributed by atoms with Crippen molar-refractivity contribution >= 4 is 6.72 Å². The standard InChI is InChI=1S/C6H14.C2H6.CH3N/c1-3-5-6-4-2;2*1-2/h3-6H2,1-2H3;1-2H3;2H,1H2. The lowest BCUT2D eigenvalue weighted by molar-refractivity contribution is 0.702. The van der Waals surface area contributed by atoms with E-state index in [2.05, 4.69) is 20.6 Å². The van der Waals surface area contributed by atoms with Gasteiger partial charge in [-0.2, -0.15) is 0 Å². The first-order chi connectivity index (χ1) is 4.91. The van der Waals surface area contributed by atoms with Gasteiger partial charge in [-0.15, -0.1) is 0 Å². The smallest absolute Gasteiger partial charge is 0.0187 e. The van der Waals surface area contributed by atoms with E-state index in [9.17, 15) is 0 Å². The lowest BCUT2D eigenvalue weighted by Crippen LogP contribution is -1.66. The molecule has 64 valence electrons. The third-order valence-electron chi connectivity index (χ3n) is 0.957. The van der Waals surface area contributed by atoms with Gasteiger partial charge in [0.1, 0.15) is 0 Å². The molecular formula is C9H23N. The Hall–Kier alpha value is -0.330. The zero-order chi connectivity index (χ0) is 8.83. The molecule has 0 fully saturated rings. The number of rotatable bonds is 3. The summed E-state index contributed by atoms with van der Waals surface area (Å²) in [6.45, 7) is 11.0. The number of nitrogens with one attached hydrogen (secondary N) is 1. The molecule has 0 aromatic heterocycles. The van der Waals surface area contributed by atoms with Crippen LogP contribution in [-0.4, -0.2) is 6.72 Å². The number of hydrogen-bond acceptors (Lipinski definition) is 1. The van der Waals surface area contributed by atoms with Crippen molar-refractivity contribution < 1.29 is 0 Å². The van der Waals surface area contributed by atoms with Gasteiger partial charge < -0.3 is 5.41 Å². The third kappa shape index (κ3) is 47.9. The molecule has 0 aromatic carbocycles. The summed E-state index contributed by atoms with van der Waals surface area (Å²) in [5, 5.41) is 5.50. The van der Waals surface area contributed by atoms with E-state index in [1.165, 1.54) is 25.7 Å². The van der Waals surface area contributed by atoms with Crippen LogP contribution >= 0.6 is 0 Å². The van der Waals surface area contributed by atoms with Crippen LogP contribution in [0.2, 0.25) is 0 Å². The predicted molar refractivity (Wildman–Crippen MR) is 51.0 cm³/mol. The van der Waals surface area contributed by atoms with Crippen LogP contribution in [0.15, 0.2) is 0 Å². The summed E-state index contributed by atoms with van der Waals surface area (Å²) in [6.07, 6.45) is 5.54. The minimum atomic E-state index is 1.36. The fourth-order valence-electron chi connectivity index (χ4n) is 0.500. The minimum absolute atomic E-state index is 1.36. The van der Waals surface area contributed by atoms with Gasteiger partial charge in [-0.05, 0) is 6.72 Å². The molecule has 0 heterocycles. The molecule has 0 rings (SSSR count). The van der Waals surface area contributed by atoms with Gasteiger partial charge in [0.15, 0.2) is 0 Å². The highest BCUT2D eigenvalue weighted by atomic mass is 14.2. The van der Waals surface area contributed by atoms with Gasteiger partial charge >= 0.3 is 0 Å². The van der Waals surface area contributed by atoms with Crippen molar-refractivity contribution in [3.05, 3.63) is 0 Å². The van der Waals surface area contributed by atoms with E-state index in [1.807, 2.05) is 13.8 Å². The van der Waals surface area contributed by atoms with Gasteiger partial charge in [0.05, 0.1) is 0 Å². The normalized spacial score (nSPS) is 6.40. The first-order valence-electron chi connectivity index (χ1n) is 4.27. The van der Waals surface area contributed by atoms with E-state index in [0.29, 0.717) is 0 Å². The average Bonchev–Trinajstić information content (AvgIpc) is 2.08. The van der Waals surface area contributed by atoms with Crippen molar-refractivity contribution in [3.63, 3.8) is 0 Å². The molecule has 0 bridgehead atoms. The van der Waals surface area contributed by atoms with Crippen LogP contribution in [-0.2, 0) is 0 Å². The van der Waals surface area contributed by atoms with Crippen LogP contribution in [0.25, 0.3) is 0 Å². The maximum absolute atomic E-state index is 5.50. The van der Waals surface area contributed by atoms with Crippen LogP contribution in [0.3, 0.4) is 0 Å². The number of unbranched alkanes of at least 4 members (excludes halogenated alkanes) is 3. The van der Waals surface area contributed by atoms with Crippen LogP contribution in [0.4, 0.5) is 0 Å². The quantitative estimate of drug-likeness (QED) is 0.460. The largest absolute Gasteiger partial charge is 0.317 e. The first kappa shape index (κ1) is 16.3. The van der Waals surface area contributed by atoms with E-state index < -0.39 is 0 Å². The van der Waals surface area contributed by atoms with Crippen molar-refractivity contribution in [3.8, 4) is 0 Å². The molecule has 0 aliphatic carbocycles. The van der Waals surface area contributed by atoms with Crippen LogP contribution in [0.5, 0.6) is 0 Å². The molecular weight excluding hydrogens is 122 g/mol. The Morgan fingerprint density at radius 2 is 1.10 bits per heavy atom. The third-order valence-corrected chi connectivity index (χ3v) is 0.957. The lowest BCUT2D eigenvalue weighted by atomic mass is 10.2. The van der Waals surface area contributed by atoms with Gasteiger partial charge in [0, 0.05) is 0 Å². The second-order valence-corrected chi connectivity index (χ2v) is 1.71. The molecule has 0 radical (unpaired) electrons. The van der Waals surface area contributed by atoms with Gasteiger partial charge in [-0.25, -0.2) is 0 Å². The zero-order valence-electron chi connectivity index (χ0n) is 8.04. The van der Waals surface area contributed by atoms with Gasteiger partial charge in [0.25, 0.3) is 0 Å². The molecule has 1 nitrogen and oxygen atoms in total. The van der Waals surface area contributed by atoms with Crippen molar-refractivity contribution in [1.82, 2.24) is 0 Å². The van der Waals surface area contributed by atoms with Crippen molar-refractivity contribution in [2.24, 2.45) is 0 Å². The molecule has 0 aromatic rings. The Morgan fingerprint density at radius 3 is 1.20 bits per heavy atom. The second-order valence-electron chi connectivity index (χ2n) is 1.71. The fourth-order valence-corrected chi connectivity index (χ4v) is 0.500. The molecule has 0 spiro atoms. The van der Waals surface area contributed by atoms with Gasteiger partial charge in [-0.1, -0.05) is 53.4 Å². The Morgan fingerprint density at radius 1 is 0.900 bits per heavy atom. The van der Waals surface area contributed by atoms with Crippen LogP contribution < -0.4 is 0 Å². The topological polar surface area (TPSA) is 23.9 Å². The van der Waals surface area contributed by atoms with E-state index in [1.54, 1.807) is 0 Å².